The number of hydrogen-bond donors (Lipinski definition) is 1. The Morgan fingerprint density at radius 1 is 1.10 bits per heavy atom. The lowest BCUT2D eigenvalue weighted by Gasteiger charge is -2.17. The van der Waals surface area contributed by atoms with Crippen LogP contribution in [0.25, 0.3) is 16.9 Å². The molecule has 1 N–H and O–H groups in total. The molecule has 0 aliphatic rings. The van der Waals surface area contributed by atoms with Crippen LogP contribution in [0.5, 0.6) is 0 Å². The molecule has 6 nitrogen and oxygen atoms in total. The first-order chi connectivity index (χ1) is 14.4. The van der Waals surface area contributed by atoms with Crippen molar-refractivity contribution in [2.24, 2.45) is 0 Å². The first-order valence-electron chi connectivity index (χ1n) is 10.1. The molecule has 0 spiro atoms. The van der Waals surface area contributed by atoms with E-state index in [4.69, 9.17) is 5.10 Å². The van der Waals surface area contributed by atoms with Gasteiger partial charge in [0.15, 0.2) is 0 Å². The number of carbonyl (C=O) groups is 2. The van der Waals surface area contributed by atoms with Crippen LogP contribution in [0.3, 0.4) is 0 Å². The maximum absolute atomic E-state index is 13.3. The van der Waals surface area contributed by atoms with Gasteiger partial charge in [0.1, 0.15) is 5.69 Å². The second kappa shape index (κ2) is 9.39. The van der Waals surface area contributed by atoms with E-state index in [-0.39, 0.29) is 11.8 Å². The van der Waals surface area contributed by atoms with Crippen molar-refractivity contribution in [2.75, 3.05) is 20.1 Å². The highest BCUT2D eigenvalue weighted by Crippen LogP contribution is 2.28. The fourth-order valence-corrected chi connectivity index (χ4v) is 3.41. The van der Waals surface area contributed by atoms with E-state index < -0.39 is 0 Å². The summed E-state index contributed by atoms with van der Waals surface area (Å²) in [7, 11) is 1.78. The van der Waals surface area contributed by atoms with Gasteiger partial charge in [-0.1, -0.05) is 42.0 Å². The first-order valence-corrected chi connectivity index (χ1v) is 10.1. The molecule has 0 saturated heterocycles. The van der Waals surface area contributed by atoms with Crippen LogP contribution < -0.4 is 5.32 Å². The molecule has 2 aromatic carbocycles. The number of aryl methyl sites for hydroxylation is 2. The third-order valence-corrected chi connectivity index (χ3v) is 4.99. The van der Waals surface area contributed by atoms with Crippen LogP contribution >= 0.6 is 0 Å². The Hall–Kier alpha value is -3.41. The van der Waals surface area contributed by atoms with Gasteiger partial charge in [-0.05, 0) is 38.0 Å². The van der Waals surface area contributed by atoms with Gasteiger partial charge in [0.25, 0.3) is 5.91 Å². The second-order valence-electron chi connectivity index (χ2n) is 7.55. The summed E-state index contributed by atoms with van der Waals surface area (Å²) in [6, 6.07) is 15.9. The molecule has 0 atom stereocenters. The molecule has 156 valence electrons. The predicted octanol–water partition coefficient (Wildman–Crippen LogP) is 3.75. The third kappa shape index (κ3) is 4.95. The number of aromatic nitrogens is 2. The van der Waals surface area contributed by atoms with Crippen LogP contribution in [0.1, 0.15) is 34.8 Å². The molecule has 6 heteroatoms. The predicted molar refractivity (Wildman–Crippen MR) is 119 cm³/mol. The Morgan fingerprint density at radius 3 is 2.50 bits per heavy atom. The Labute approximate surface area is 177 Å². The molecule has 0 radical (unpaired) electrons. The van der Waals surface area contributed by atoms with Crippen LogP contribution in [-0.4, -0.2) is 46.6 Å². The average molecular weight is 405 g/mol. The minimum atomic E-state index is -0.0880. The summed E-state index contributed by atoms with van der Waals surface area (Å²) in [6.07, 6.45) is 2.49. The van der Waals surface area contributed by atoms with Crippen LogP contribution in [0.15, 0.2) is 54.7 Å². The van der Waals surface area contributed by atoms with Gasteiger partial charge in [-0.25, -0.2) is 4.68 Å². The summed E-state index contributed by atoms with van der Waals surface area (Å²) < 4.78 is 1.76. The lowest BCUT2D eigenvalue weighted by molar-refractivity contribution is -0.118. The normalized spacial score (nSPS) is 10.7. The van der Waals surface area contributed by atoms with E-state index in [1.54, 1.807) is 22.8 Å². The highest BCUT2D eigenvalue weighted by molar-refractivity contribution is 6.00. The number of para-hydroxylation sites is 1. The molecule has 3 aromatic rings. The molecule has 0 bridgehead atoms. The maximum Gasteiger partial charge on any atom is 0.257 e. The van der Waals surface area contributed by atoms with Gasteiger partial charge in [0.2, 0.25) is 5.91 Å². The second-order valence-corrected chi connectivity index (χ2v) is 7.55. The topological polar surface area (TPSA) is 67.2 Å². The molecule has 0 fully saturated rings. The van der Waals surface area contributed by atoms with Crippen LogP contribution in [0.4, 0.5) is 0 Å². The summed E-state index contributed by atoms with van der Waals surface area (Å²) in [6.45, 7) is 6.66. The van der Waals surface area contributed by atoms with Crippen molar-refractivity contribution in [3.8, 4) is 16.9 Å². The van der Waals surface area contributed by atoms with Gasteiger partial charge in [0, 0.05) is 38.8 Å². The largest absolute Gasteiger partial charge is 0.356 e. The standard InChI is InChI=1S/C24H28N4O2/c1-17-11-12-21(18(2)15-17)23-22(16-28(26-23)20-9-6-5-7-10-20)24(30)27(4)14-8-13-25-19(3)29/h5-7,9-12,15-16H,8,13-14H2,1-4H3,(H,25,29). The van der Waals surface area contributed by atoms with Crippen molar-refractivity contribution >= 4 is 11.8 Å². The summed E-state index contributed by atoms with van der Waals surface area (Å²) in [5, 5.41) is 7.54. The molecule has 30 heavy (non-hydrogen) atoms. The first kappa shape index (κ1) is 21.3. The number of benzene rings is 2. The highest BCUT2D eigenvalue weighted by Gasteiger charge is 2.22. The fourth-order valence-electron chi connectivity index (χ4n) is 3.41. The van der Waals surface area contributed by atoms with Gasteiger partial charge in [0.05, 0.1) is 11.3 Å². The summed E-state index contributed by atoms with van der Waals surface area (Å²) in [5.41, 5.74) is 5.33. The molecule has 0 unspecified atom stereocenters. The molecular formula is C24H28N4O2. The SMILES string of the molecule is CC(=O)NCCCN(C)C(=O)c1cn(-c2ccccc2)nc1-c1ccc(C)cc1C. The van der Waals surface area contributed by atoms with E-state index in [1.807, 2.05) is 56.3 Å². The molecule has 0 saturated carbocycles. The van der Waals surface area contributed by atoms with E-state index in [9.17, 15) is 9.59 Å². The zero-order valence-electron chi connectivity index (χ0n) is 18.0. The lowest BCUT2D eigenvalue weighted by atomic mass is 10.0. The van der Waals surface area contributed by atoms with E-state index in [0.717, 1.165) is 16.8 Å². The number of rotatable bonds is 7. The average Bonchev–Trinajstić information content (AvgIpc) is 3.16. The third-order valence-electron chi connectivity index (χ3n) is 4.99. The molecule has 0 aliphatic heterocycles. The Morgan fingerprint density at radius 2 is 1.83 bits per heavy atom. The zero-order valence-corrected chi connectivity index (χ0v) is 18.0. The highest BCUT2D eigenvalue weighted by atomic mass is 16.2. The van der Waals surface area contributed by atoms with Crippen molar-refractivity contribution in [1.82, 2.24) is 20.0 Å². The molecule has 1 heterocycles. The van der Waals surface area contributed by atoms with Crippen molar-refractivity contribution in [3.05, 3.63) is 71.4 Å². The Kier molecular flexibility index (Phi) is 6.67. The monoisotopic (exact) mass is 404 g/mol. The minimum absolute atomic E-state index is 0.0646. The van der Waals surface area contributed by atoms with Crippen LogP contribution in [-0.2, 0) is 4.79 Å². The summed E-state index contributed by atoms with van der Waals surface area (Å²) in [5.74, 6) is -0.153. The molecule has 0 aliphatic carbocycles. The van der Waals surface area contributed by atoms with Gasteiger partial charge < -0.3 is 10.2 Å². The van der Waals surface area contributed by atoms with Gasteiger partial charge in [-0.3, -0.25) is 9.59 Å². The van der Waals surface area contributed by atoms with Crippen molar-refractivity contribution in [2.45, 2.75) is 27.2 Å². The molecule has 1 aromatic heterocycles. The number of nitrogens with zero attached hydrogens (tertiary/aromatic N) is 3. The lowest BCUT2D eigenvalue weighted by Crippen LogP contribution is -2.31. The Balaban J connectivity index is 1.94. The fraction of sp³-hybridized carbons (Fsp3) is 0.292. The van der Waals surface area contributed by atoms with Crippen LogP contribution in [0, 0.1) is 13.8 Å². The quantitative estimate of drug-likeness (QED) is 0.610. The number of carbonyl (C=O) groups excluding carboxylic acids is 2. The van der Waals surface area contributed by atoms with Gasteiger partial charge >= 0.3 is 0 Å². The van der Waals surface area contributed by atoms with Gasteiger partial charge in [-0.2, -0.15) is 5.10 Å². The van der Waals surface area contributed by atoms with E-state index in [1.165, 1.54) is 12.5 Å². The number of hydrogen-bond acceptors (Lipinski definition) is 3. The van der Waals surface area contributed by atoms with Gasteiger partial charge in [-0.15, -0.1) is 0 Å². The van der Waals surface area contributed by atoms with E-state index in [0.29, 0.717) is 30.8 Å². The number of amides is 2. The molecule has 3 rings (SSSR count). The van der Waals surface area contributed by atoms with Crippen molar-refractivity contribution in [1.29, 1.82) is 0 Å². The Bertz CT molecular complexity index is 1040. The molecular weight excluding hydrogens is 376 g/mol. The van der Waals surface area contributed by atoms with Crippen molar-refractivity contribution in [3.63, 3.8) is 0 Å². The summed E-state index contributed by atoms with van der Waals surface area (Å²) in [4.78, 5) is 26.0. The zero-order chi connectivity index (χ0) is 21.7. The smallest absolute Gasteiger partial charge is 0.257 e. The van der Waals surface area contributed by atoms with E-state index in [2.05, 4.69) is 11.4 Å². The molecule has 2 amide bonds. The minimum Gasteiger partial charge on any atom is -0.356 e. The summed E-state index contributed by atoms with van der Waals surface area (Å²) >= 11 is 0. The van der Waals surface area contributed by atoms with Crippen LogP contribution in [0.2, 0.25) is 0 Å². The maximum atomic E-state index is 13.3. The van der Waals surface area contributed by atoms with E-state index >= 15 is 0 Å². The number of nitrogens with one attached hydrogen (secondary N) is 1. The van der Waals surface area contributed by atoms with Crippen molar-refractivity contribution < 1.29 is 9.59 Å².